The van der Waals surface area contributed by atoms with Gasteiger partial charge in [0.2, 0.25) is 23.7 Å². The van der Waals surface area contributed by atoms with Crippen LogP contribution >= 0.6 is 0 Å². The van der Waals surface area contributed by atoms with E-state index in [1.165, 1.54) is 0 Å². The lowest BCUT2D eigenvalue weighted by Gasteiger charge is -2.20. The standard InChI is InChI=1S/C24H29N5O3/c1-3-27(4-2)11-12-28-18-8-6-5-7-17(18)25-24(28)26-19(30)14-29-22(31)20-15-9-10-16(13-15)21(20)23(29)32/h5-10,15-16,20-21H,3-4,11-14H2,1-2H3,(H,25,26,30)/t15-,16-,20+,21+/m0/s1. The first-order chi connectivity index (χ1) is 15.5. The zero-order valence-corrected chi connectivity index (χ0v) is 18.5. The summed E-state index contributed by atoms with van der Waals surface area (Å²) in [7, 11) is 0. The molecule has 32 heavy (non-hydrogen) atoms. The van der Waals surface area contributed by atoms with Crippen molar-refractivity contribution in [3.05, 3.63) is 36.4 Å². The van der Waals surface area contributed by atoms with Crippen LogP contribution in [0.25, 0.3) is 11.0 Å². The smallest absolute Gasteiger partial charge is 0.246 e. The van der Waals surface area contributed by atoms with Crippen molar-refractivity contribution < 1.29 is 14.4 Å². The third-order valence-electron chi connectivity index (χ3n) is 7.30. The Labute approximate surface area is 187 Å². The minimum Gasteiger partial charge on any atom is -0.309 e. The number of para-hydroxylation sites is 2. The van der Waals surface area contributed by atoms with Gasteiger partial charge in [0.1, 0.15) is 6.54 Å². The molecule has 1 saturated heterocycles. The summed E-state index contributed by atoms with van der Waals surface area (Å²) in [6.45, 7) is 7.39. The molecule has 0 spiro atoms. The monoisotopic (exact) mass is 435 g/mol. The number of amides is 3. The minimum atomic E-state index is -0.397. The molecular formula is C24H29N5O3. The Morgan fingerprint density at radius 3 is 2.41 bits per heavy atom. The van der Waals surface area contributed by atoms with E-state index in [0.717, 1.165) is 42.0 Å². The van der Waals surface area contributed by atoms with Gasteiger partial charge in [0.05, 0.1) is 22.9 Å². The second-order valence-corrected chi connectivity index (χ2v) is 8.91. The average Bonchev–Trinajstić information content (AvgIpc) is 3.54. The maximum Gasteiger partial charge on any atom is 0.246 e. The average molecular weight is 436 g/mol. The highest BCUT2D eigenvalue weighted by Crippen LogP contribution is 2.52. The van der Waals surface area contributed by atoms with Gasteiger partial charge in [0.25, 0.3) is 0 Å². The number of allylic oxidation sites excluding steroid dienone is 2. The fraction of sp³-hybridized carbons (Fsp3) is 0.500. The van der Waals surface area contributed by atoms with Gasteiger partial charge >= 0.3 is 0 Å². The van der Waals surface area contributed by atoms with Gasteiger partial charge in [-0.3, -0.25) is 24.6 Å². The van der Waals surface area contributed by atoms with Gasteiger partial charge in [-0.2, -0.15) is 0 Å². The maximum absolute atomic E-state index is 12.9. The molecule has 2 bridgehead atoms. The number of carbonyl (C=O) groups excluding carboxylic acids is 3. The van der Waals surface area contributed by atoms with Crippen LogP contribution in [-0.2, 0) is 20.9 Å². The Morgan fingerprint density at radius 1 is 1.09 bits per heavy atom. The summed E-state index contributed by atoms with van der Waals surface area (Å²) in [6, 6.07) is 7.76. The van der Waals surface area contributed by atoms with Crippen LogP contribution < -0.4 is 5.32 Å². The highest BCUT2D eigenvalue weighted by atomic mass is 16.2. The Morgan fingerprint density at radius 2 is 1.75 bits per heavy atom. The second-order valence-electron chi connectivity index (χ2n) is 8.91. The number of imide groups is 1. The molecule has 3 aliphatic rings. The number of rotatable bonds is 8. The van der Waals surface area contributed by atoms with E-state index >= 15 is 0 Å². The molecule has 5 rings (SSSR count). The number of hydrogen-bond acceptors (Lipinski definition) is 5. The van der Waals surface area contributed by atoms with Gasteiger partial charge in [0.15, 0.2) is 0 Å². The summed E-state index contributed by atoms with van der Waals surface area (Å²) in [5.74, 6) is -0.662. The van der Waals surface area contributed by atoms with Crippen molar-refractivity contribution in [2.45, 2.75) is 26.8 Å². The van der Waals surface area contributed by atoms with Gasteiger partial charge in [-0.15, -0.1) is 0 Å². The summed E-state index contributed by atoms with van der Waals surface area (Å²) < 4.78 is 2.00. The molecule has 2 aromatic rings. The van der Waals surface area contributed by atoms with Crippen molar-refractivity contribution in [3.8, 4) is 0 Å². The van der Waals surface area contributed by atoms with Crippen molar-refractivity contribution in [2.75, 3.05) is 31.5 Å². The normalized spacial score (nSPS) is 26.0. The molecule has 2 fully saturated rings. The molecule has 0 unspecified atom stereocenters. The molecule has 8 nitrogen and oxygen atoms in total. The van der Waals surface area contributed by atoms with Crippen molar-refractivity contribution in [1.29, 1.82) is 0 Å². The molecule has 3 amide bonds. The van der Waals surface area contributed by atoms with Gasteiger partial charge < -0.3 is 9.47 Å². The second kappa shape index (κ2) is 8.16. The number of nitrogens with zero attached hydrogens (tertiary/aromatic N) is 4. The lowest BCUT2D eigenvalue weighted by Crippen LogP contribution is -2.39. The zero-order chi connectivity index (χ0) is 22.4. The van der Waals surface area contributed by atoms with Crippen LogP contribution in [0.4, 0.5) is 5.95 Å². The number of anilines is 1. The molecule has 2 aliphatic carbocycles. The number of carbonyl (C=O) groups is 3. The number of hydrogen-bond donors (Lipinski definition) is 1. The molecule has 4 atom stereocenters. The molecule has 1 aromatic carbocycles. The fourth-order valence-electron chi connectivity index (χ4n) is 5.61. The lowest BCUT2D eigenvalue weighted by atomic mass is 9.85. The van der Waals surface area contributed by atoms with Gasteiger partial charge in [-0.1, -0.05) is 38.1 Å². The molecule has 8 heteroatoms. The molecule has 1 aromatic heterocycles. The summed E-state index contributed by atoms with van der Waals surface area (Å²) in [5.41, 5.74) is 1.74. The van der Waals surface area contributed by atoms with Crippen LogP contribution in [0.5, 0.6) is 0 Å². The summed E-state index contributed by atoms with van der Waals surface area (Å²) in [5, 5.41) is 2.86. The van der Waals surface area contributed by atoms with E-state index in [1.807, 2.05) is 28.8 Å². The molecule has 2 heterocycles. The molecule has 168 valence electrons. The third-order valence-corrected chi connectivity index (χ3v) is 7.30. The predicted molar refractivity (Wildman–Crippen MR) is 121 cm³/mol. The quantitative estimate of drug-likeness (QED) is 0.507. The van der Waals surface area contributed by atoms with Gasteiger partial charge in [0, 0.05) is 13.1 Å². The van der Waals surface area contributed by atoms with E-state index in [0.29, 0.717) is 12.5 Å². The summed E-state index contributed by atoms with van der Waals surface area (Å²) in [6.07, 6.45) is 4.99. The number of aromatic nitrogens is 2. The van der Waals surface area contributed by atoms with Gasteiger partial charge in [-0.25, -0.2) is 4.98 Å². The zero-order valence-electron chi connectivity index (χ0n) is 18.5. The molecule has 0 radical (unpaired) electrons. The van der Waals surface area contributed by atoms with Crippen molar-refractivity contribution >= 4 is 34.7 Å². The first kappa shape index (κ1) is 20.9. The van der Waals surface area contributed by atoms with Crippen LogP contribution in [0.1, 0.15) is 20.3 Å². The van der Waals surface area contributed by atoms with Crippen LogP contribution in [0.15, 0.2) is 36.4 Å². The van der Waals surface area contributed by atoms with E-state index in [9.17, 15) is 14.4 Å². The Balaban J connectivity index is 1.32. The Hall–Kier alpha value is -3.00. The number of nitrogens with one attached hydrogen (secondary N) is 1. The van der Waals surface area contributed by atoms with Crippen molar-refractivity contribution in [1.82, 2.24) is 19.4 Å². The van der Waals surface area contributed by atoms with E-state index < -0.39 is 5.91 Å². The van der Waals surface area contributed by atoms with Crippen molar-refractivity contribution in [2.24, 2.45) is 23.7 Å². The van der Waals surface area contributed by atoms with E-state index in [4.69, 9.17) is 0 Å². The number of likely N-dealkylation sites (N-methyl/N-ethyl adjacent to an activating group) is 1. The molecular weight excluding hydrogens is 406 g/mol. The van der Waals surface area contributed by atoms with Crippen LogP contribution in [0.3, 0.4) is 0 Å². The minimum absolute atomic E-state index is 0.138. The number of likely N-dealkylation sites (tertiary alicyclic amines) is 1. The summed E-state index contributed by atoms with van der Waals surface area (Å²) in [4.78, 5) is 46.7. The largest absolute Gasteiger partial charge is 0.309 e. The number of fused-ring (bicyclic) bond motifs is 6. The first-order valence-corrected chi connectivity index (χ1v) is 11.5. The van der Waals surface area contributed by atoms with E-state index in [-0.39, 0.29) is 42.0 Å². The van der Waals surface area contributed by atoms with Crippen LogP contribution in [0, 0.1) is 23.7 Å². The molecule has 1 aliphatic heterocycles. The molecule has 1 N–H and O–H groups in total. The van der Waals surface area contributed by atoms with Crippen molar-refractivity contribution in [3.63, 3.8) is 0 Å². The Kier molecular flexibility index (Phi) is 5.33. The first-order valence-electron chi connectivity index (χ1n) is 11.5. The van der Waals surface area contributed by atoms with E-state index in [1.54, 1.807) is 0 Å². The highest BCUT2D eigenvalue weighted by Gasteiger charge is 2.59. The Bertz CT molecular complexity index is 1070. The SMILES string of the molecule is CCN(CC)CCn1c(NC(=O)CN2C(=O)[C@H]3[C@H](C2=O)[C@H]2C=C[C@H]3C2)nc2ccccc21. The molecule has 1 saturated carbocycles. The highest BCUT2D eigenvalue weighted by molar-refractivity contribution is 6.09. The maximum atomic E-state index is 12.9. The number of benzene rings is 1. The number of imidazole rings is 1. The van der Waals surface area contributed by atoms with E-state index in [2.05, 4.69) is 41.2 Å². The van der Waals surface area contributed by atoms with Gasteiger partial charge in [-0.05, 0) is 43.5 Å². The predicted octanol–water partition coefficient (Wildman–Crippen LogP) is 2.12. The lowest BCUT2D eigenvalue weighted by molar-refractivity contribution is -0.143. The summed E-state index contributed by atoms with van der Waals surface area (Å²) >= 11 is 0. The fourth-order valence-corrected chi connectivity index (χ4v) is 5.61. The van der Waals surface area contributed by atoms with Crippen LogP contribution in [-0.4, -0.2) is 63.3 Å². The van der Waals surface area contributed by atoms with Crippen LogP contribution in [0.2, 0.25) is 0 Å². The topological polar surface area (TPSA) is 87.5 Å². The third kappa shape index (κ3) is 3.33.